The van der Waals surface area contributed by atoms with Crippen LogP contribution in [0.2, 0.25) is 0 Å². The van der Waals surface area contributed by atoms with Crippen molar-refractivity contribution in [1.29, 1.82) is 5.41 Å². The number of carboxylic acid groups (broad SMARTS) is 1. The molecular formula is C26H26N4O4. The molecule has 0 aliphatic carbocycles. The third-order valence-electron chi connectivity index (χ3n) is 5.42. The van der Waals surface area contributed by atoms with E-state index in [-0.39, 0.29) is 34.5 Å². The number of nitrogen functional groups attached to an aromatic ring is 1. The third kappa shape index (κ3) is 5.47. The van der Waals surface area contributed by atoms with Crippen molar-refractivity contribution in [3.05, 3.63) is 89.0 Å². The lowest BCUT2D eigenvalue weighted by Crippen LogP contribution is -2.32. The van der Waals surface area contributed by atoms with Crippen LogP contribution in [0.3, 0.4) is 0 Å². The van der Waals surface area contributed by atoms with E-state index in [1.807, 2.05) is 13.8 Å². The number of carbonyl (C=O) groups excluding carboxylic acids is 2. The van der Waals surface area contributed by atoms with Crippen molar-refractivity contribution in [1.82, 2.24) is 5.32 Å². The molecule has 0 saturated carbocycles. The summed E-state index contributed by atoms with van der Waals surface area (Å²) in [5.41, 5.74) is 7.66. The number of nitrogens with two attached hydrogens (primary N) is 1. The molecule has 0 aliphatic heterocycles. The smallest absolute Gasteiger partial charge is 0.336 e. The fourth-order valence-electron chi connectivity index (χ4n) is 3.35. The number of hydrogen-bond donors (Lipinski definition) is 5. The first-order valence-corrected chi connectivity index (χ1v) is 10.7. The molecule has 2 amide bonds. The lowest BCUT2D eigenvalue weighted by Gasteiger charge is -2.15. The summed E-state index contributed by atoms with van der Waals surface area (Å²) in [5.74, 6) is -2.07. The van der Waals surface area contributed by atoms with E-state index in [4.69, 9.17) is 11.1 Å². The molecule has 0 radical (unpaired) electrons. The van der Waals surface area contributed by atoms with Gasteiger partial charge in [0.1, 0.15) is 5.84 Å². The minimum absolute atomic E-state index is 0.0469. The Morgan fingerprint density at radius 1 is 0.912 bits per heavy atom. The van der Waals surface area contributed by atoms with Crippen LogP contribution in [0.15, 0.2) is 66.7 Å². The van der Waals surface area contributed by atoms with Gasteiger partial charge < -0.3 is 21.5 Å². The molecule has 3 rings (SSSR count). The van der Waals surface area contributed by atoms with Gasteiger partial charge in [-0.3, -0.25) is 15.0 Å². The van der Waals surface area contributed by atoms with Crippen LogP contribution in [0.4, 0.5) is 5.69 Å². The number of amides is 2. The molecule has 34 heavy (non-hydrogen) atoms. The summed E-state index contributed by atoms with van der Waals surface area (Å²) in [6.07, 6.45) is 0.746. The maximum atomic E-state index is 13.0. The predicted octanol–water partition coefficient (Wildman–Crippen LogP) is 4.12. The van der Waals surface area contributed by atoms with Crippen LogP contribution in [-0.2, 0) is 0 Å². The fourth-order valence-corrected chi connectivity index (χ4v) is 3.35. The van der Waals surface area contributed by atoms with Crippen molar-refractivity contribution in [2.45, 2.75) is 26.3 Å². The molecule has 3 aromatic carbocycles. The Bertz CT molecular complexity index is 1250. The molecule has 8 nitrogen and oxygen atoms in total. The summed E-state index contributed by atoms with van der Waals surface area (Å²) in [5, 5.41) is 22.9. The standard InChI is InChI=1S/C26H26N4O4/c1-3-15(2)29-24(31)17-10-13-20(22(14-17)26(33)34)19-6-4-5-7-21(19)25(32)30-18-11-8-16(9-12-18)23(27)28/h4-15H,3H2,1-2H3,(H3,27,28)(H,29,31)(H,30,32)(H,33,34). The first kappa shape index (κ1) is 24.2. The van der Waals surface area contributed by atoms with Crippen LogP contribution in [0.5, 0.6) is 0 Å². The molecule has 6 N–H and O–H groups in total. The Labute approximate surface area is 197 Å². The highest BCUT2D eigenvalue weighted by atomic mass is 16.4. The number of carboxylic acids is 1. The molecule has 0 spiro atoms. The van der Waals surface area contributed by atoms with E-state index < -0.39 is 11.9 Å². The summed E-state index contributed by atoms with van der Waals surface area (Å²) in [7, 11) is 0. The Hall–Kier alpha value is -4.46. The topological polar surface area (TPSA) is 145 Å². The number of hydrogen-bond acceptors (Lipinski definition) is 4. The van der Waals surface area contributed by atoms with Gasteiger partial charge in [-0.2, -0.15) is 0 Å². The van der Waals surface area contributed by atoms with Crippen molar-refractivity contribution >= 4 is 29.3 Å². The average Bonchev–Trinajstić information content (AvgIpc) is 2.83. The fraction of sp³-hybridized carbons (Fsp3) is 0.154. The van der Waals surface area contributed by atoms with Gasteiger partial charge in [-0.25, -0.2) is 4.79 Å². The number of nitrogens with one attached hydrogen (secondary N) is 3. The van der Waals surface area contributed by atoms with Gasteiger partial charge in [-0.1, -0.05) is 31.2 Å². The zero-order valence-electron chi connectivity index (χ0n) is 18.9. The molecule has 8 heteroatoms. The van der Waals surface area contributed by atoms with Crippen molar-refractivity contribution in [2.24, 2.45) is 5.73 Å². The molecule has 0 bridgehead atoms. The van der Waals surface area contributed by atoms with Gasteiger partial charge in [0.2, 0.25) is 0 Å². The molecule has 3 aromatic rings. The van der Waals surface area contributed by atoms with Crippen LogP contribution in [-0.4, -0.2) is 34.8 Å². The SMILES string of the molecule is CCC(C)NC(=O)c1ccc(-c2ccccc2C(=O)Nc2ccc(C(=N)N)cc2)c(C(=O)O)c1. The van der Waals surface area contributed by atoms with Gasteiger partial charge in [-0.05, 0) is 66.9 Å². The summed E-state index contributed by atoms with van der Waals surface area (Å²) in [6.45, 7) is 3.81. The highest BCUT2D eigenvalue weighted by Crippen LogP contribution is 2.29. The molecule has 0 aromatic heterocycles. The number of carbonyl (C=O) groups is 3. The van der Waals surface area contributed by atoms with Crippen LogP contribution in [0.25, 0.3) is 11.1 Å². The minimum Gasteiger partial charge on any atom is -0.478 e. The second-order valence-electron chi connectivity index (χ2n) is 7.84. The Morgan fingerprint density at radius 2 is 1.53 bits per heavy atom. The summed E-state index contributed by atoms with van der Waals surface area (Å²) in [4.78, 5) is 37.6. The normalized spacial score (nSPS) is 11.4. The van der Waals surface area contributed by atoms with Gasteiger partial charge in [-0.15, -0.1) is 0 Å². The minimum atomic E-state index is -1.21. The summed E-state index contributed by atoms with van der Waals surface area (Å²) >= 11 is 0. The highest BCUT2D eigenvalue weighted by Gasteiger charge is 2.20. The first-order chi connectivity index (χ1) is 16.2. The second kappa shape index (κ2) is 10.4. The van der Waals surface area contributed by atoms with Gasteiger partial charge in [0.05, 0.1) is 5.56 Å². The second-order valence-corrected chi connectivity index (χ2v) is 7.84. The maximum absolute atomic E-state index is 13.0. The third-order valence-corrected chi connectivity index (χ3v) is 5.42. The summed E-state index contributed by atoms with van der Waals surface area (Å²) in [6, 6.07) is 17.5. The number of benzene rings is 3. The Kier molecular flexibility index (Phi) is 7.43. The number of rotatable bonds is 8. The predicted molar refractivity (Wildman–Crippen MR) is 131 cm³/mol. The quantitative estimate of drug-likeness (QED) is 0.255. The van der Waals surface area contributed by atoms with E-state index in [1.54, 1.807) is 60.7 Å². The lowest BCUT2D eigenvalue weighted by atomic mass is 9.93. The van der Waals surface area contributed by atoms with Crippen molar-refractivity contribution in [3.8, 4) is 11.1 Å². The van der Waals surface area contributed by atoms with E-state index in [0.29, 0.717) is 22.4 Å². The van der Waals surface area contributed by atoms with E-state index >= 15 is 0 Å². The monoisotopic (exact) mass is 458 g/mol. The zero-order chi connectivity index (χ0) is 24.8. The van der Waals surface area contributed by atoms with Crippen molar-refractivity contribution in [2.75, 3.05) is 5.32 Å². The maximum Gasteiger partial charge on any atom is 0.336 e. The number of anilines is 1. The molecule has 1 unspecified atom stereocenters. The Balaban J connectivity index is 1.96. The van der Waals surface area contributed by atoms with Crippen LogP contribution >= 0.6 is 0 Å². The molecule has 0 saturated heterocycles. The van der Waals surface area contributed by atoms with Crippen LogP contribution < -0.4 is 16.4 Å². The lowest BCUT2D eigenvalue weighted by molar-refractivity contribution is 0.0697. The van der Waals surface area contributed by atoms with E-state index in [9.17, 15) is 19.5 Å². The Morgan fingerprint density at radius 3 is 2.15 bits per heavy atom. The van der Waals surface area contributed by atoms with Gasteiger partial charge in [0.25, 0.3) is 11.8 Å². The molecule has 0 heterocycles. The first-order valence-electron chi connectivity index (χ1n) is 10.7. The molecule has 1 atom stereocenters. The molecule has 0 fully saturated rings. The van der Waals surface area contributed by atoms with E-state index in [1.165, 1.54) is 6.07 Å². The van der Waals surface area contributed by atoms with Crippen LogP contribution in [0.1, 0.15) is 56.9 Å². The highest BCUT2D eigenvalue weighted by molar-refractivity contribution is 6.11. The zero-order valence-corrected chi connectivity index (χ0v) is 18.9. The van der Waals surface area contributed by atoms with E-state index in [0.717, 1.165) is 6.42 Å². The van der Waals surface area contributed by atoms with E-state index in [2.05, 4.69) is 10.6 Å². The van der Waals surface area contributed by atoms with Gasteiger partial charge in [0, 0.05) is 28.4 Å². The van der Waals surface area contributed by atoms with Gasteiger partial charge in [0.15, 0.2) is 0 Å². The van der Waals surface area contributed by atoms with Crippen molar-refractivity contribution < 1.29 is 19.5 Å². The molecule has 174 valence electrons. The summed E-state index contributed by atoms with van der Waals surface area (Å²) < 4.78 is 0. The van der Waals surface area contributed by atoms with Crippen LogP contribution in [0, 0.1) is 5.41 Å². The average molecular weight is 459 g/mol. The van der Waals surface area contributed by atoms with Crippen molar-refractivity contribution in [3.63, 3.8) is 0 Å². The largest absolute Gasteiger partial charge is 0.478 e. The number of aromatic carboxylic acids is 1. The molecule has 0 aliphatic rings. The molecular weight excluding hydrogens is 432 g/mol. The number of amidine groups is 1. The van der Waals surface area contributed by atoms with Gasteiger partial charge >= 0.3 is 5.97 Å².